The summed E-state index contributed by atoms with van der Waals surface area (Å²) < 4.78 is 0. The van der Waals surface area contributed by atoms with Crippen LogP contribution in [0.4, 0.5) is 0 Å². The van der Waals surface area contributed by atoms with E-state index in [-0.39, 0.29) is 6.10 Å². The van der Waals surface area contributed by atoms with Gasteiger partial charge in [0.15, 0.2) is 0 Å². The average Bonchev–Trinajstić information content (AvgIpc) is 2.30. The summed E-state index contributed by atoms with van der Waals surface area (Å²) in [7, 11) is 0. The van der Waals surface area contributed by atoms with Crippen molar-refractivity contribution in [1.29, 1.82) is 0 Å². The van der Waals surface area contributed by atoms with Gasteiger partial charge >= 0.3 is 0 Å². The maximum absolute atomic E-state index is 9.63. The van der Waals surface area contributed by atoms with Crippen LogP contribution in [0.3, 0.4) is 0 Å². The van der Waals surface area contributed by atoms with E-state index in [9.17, 15) is 5.11 Å². The van der Waals surface area contributed by atoms with Crippen LogP contribution in [0.5, 0.6) is 0 Å². The van der Waals surface area contributed by atoms with Crippen LogP contribution in [0, 0.1) is 0 Å². The molecule has 2 N–H and O–H groups in total. The van der Waals surface area contributed by atoms with Gasteiger partial charge in [-0.15, -0.1) is 0 Å². The number of nitrogens with one attached hydrogen (secondary N) is 1. The van der Waals surface area contributed by atoms with Gasteiger partial charge in [-0.1, -0.05) is 19.8 Å². The van der Waals surface area contributed by atoms with Gasteiger partial charge in [0.1, 0.15) is 0 Å². The number of β-amino-alcohol motifs (C(OH)–C–C–N with tert-alkyl or cyclic N) is 1. The highest BCUT2D eigenvalue weighted by molar-refractivity contribution is 4.78. The third-order valence-electron chi connectivity index (χ3n) is 2.94. The second-order valence-electron chi connectivity index (χ2n) is 4.36. The molecule has 2 atom stereocenters. The molecule has 0 bridgehead atoms. The van der Waals surface area contributed by atoms with Crippen LogP contribution in [-0.4, -0.2) is 48.3 Å². The molecule has 1 saturated heterocycles. The number of nitrogens with zero attached hydrogens (tertiary/aromatic N) is 1. The molecule has 1 aliphatic rings. The lowest BCUT2D eigenvalue weighted by atomic mass is 10.2. The van der Waals surface area contributed by atoms with Gasteiger partial charge < -0.3 is 10.4 Å². The first kappa shape index (κ1) is 12.0. The second-order valence-corrected chi connectivity index (χ2v) is 4.36. The molecular formula is C11H24N2O. The van der Waals surface area contributed by atoms with Crippen LogP contribution in [-0.2, 0) is 0 Å². The van der Waals surface area contributed by atoms with Gasteiger partial charge in [0, 0.05) is 25.7 Å². The standard InChI is InChI=1S/C11H24N2O/c1-3-4-5-6-13-9-11(14)8-12-7-10(13)2/h10-12,14H,3-9H2,1-2H3. The summed E-state index contributed by atoms with van der Waals surface area (Å²) in [5, 5.41) is 12.9. The van der Waals surface area contributed by atoms with Crippen molar-refractivity contribution < 1.29 is 5.11 Å². The minimum absolute atomic E-state index is 0.193. The summed E-state index contributed by atoms with van der Waals surface area (Å²) in [4.78, 5) is 2.40. The van der Waals surface area contributed by atoms with Crippen molar-refractivity contribution in [2.45, 2.75) is 45.3 Å². The summed E-state index contributed by atoms with van der Waals surface area (Å²) >= 11 is 0. The molecule has 0 radical (unpaired) electrons. The predicted molar refractivity (Wildman–Crippen MR) is 59.4 cm³/mol. The molecule has 1 rings (SSSR count). The van der Waals surface area contributed by atoms with Crippen LogP contribution < -0.4 is 5.32 Å². The van der Waals surface area contributed by atoms with Crippen molar-refractivity contribution >= 4 is 0 Å². The molecule has 0 amide bonds. The van der Waals surface area contributed by atoms with Crippen LogP contribution in [0.25, 0.3) is 0 Å². The number of unbranched alkanes of at least 4 members (excludes halogenated alkanes) is 2. The lowest BCUT2D eigenvalue weighted by Crippen LogP contribution is -2.39. The number of aliphatic hydroxyl groups excluding tert-OH is 1. The van der Waals surface area contributed by atoms with E-state index in [0.29, 0.717) is 6.04 Å². The van der Waals surface area contributed by atoms with Gasteiger partial charge in [0.2, 0.25) is 0 Å². The van der Waals surface area contributed by atoms with Gasteiger partial charge in [-0.2, -0.15) is 0 Å². The van der Waals surface area contributed by atoms with Crippen molar-refractivity contribution in [3.63, 3.8) is 0 Å². The highest BCUT2D eigenvalue weighted by atomic mass is 16.3. The highest BCUT2D eigenvalue weighted by Crippen LogP contribution is 2.06. The molecule has 0 spiro atoms. The molecule has 2 unspecified atom stereocenters. The number of rotatable bonds is 4. The Labute approximate surface area is 87.5 Å². The Kier molecular flexibility index (Phi) is 5.45. The van der Waals surface area contributed by atoms with E-state index < -0.39 is 0 Å². The SMILES string of the molecule is CCCCCN1CC(O)CNCC1C. The Morgan fingerprint density at radius 2 is 2.14 bits per heavy atom. The molecule has 0 aromatic carbocycles. The van der Waals surface area contributed by atoms with E-state index in [0.717, 1.165) is 26.2 Å². The van der Waals surface area contributed by atoms with E-state index >= 15 is 0 Å². The van der Waals surface area contributed by atoms with E-state index in [1.807, 2.05) is 0 Å². The van der Waals surface area contributed by atoms with E-state index in [1.54, 1.807) is 0 Å². The third-order valence-corrected chi connectivity index (χ3v) is 2.94. The monoisotopic (exact) mass is 200 g/mol. The molecule has 1 heterocycles. The fourth-order valence-corrected chi connectivity index (χ4v) is 1.98. The Morgan fingerprint density at radius 3 is 2.86 bits per heavy atom. The first-order chi connectivity index (χ1) is 6.74. The van der Waals surface area contributed by atoms with Crippen molar-refractivity contribution in [2.75, 3.05) is 26.2 Å². The third kappa shape index (κ3) is 3.95. The molecule has 3 nitrogen and oxygen atoms in total. The minimum Gasteiger partial charge on any atom is -0.390 e. The lowest BCUT2D eigenvalue weighted by molar-refractivity contribution is 0.113. The Hall–Kier alpha value is -0.120. The lowest BCUT2D eigenvalue weighted by Gasteiger charge is -2.27. The van der Waals surface area contributed by atoms with Crippen molar-refractivity contribution in [3.8, 4) is 0 Å². The number of hydrogen-bond acceptors (Lipinski definition) is 3. The molecule has 0 aromatic rings. The number of aliphatic hydroxyl groups is 1. The molecule has 14 heavy (non-hydrogen) atoms. The van der Waals surface area contributed by atoms with Crippen LogP contribution in [0.2, 0.25) is 0 Å². The van der Waals surface area contributed by atoms with Crippen LogP contribution in [0.15, 0.2) is 0 Å². The summed E-state index contributed by atoms with van der Waals surface area (Å²) in [6.45, 7) is 8.17. The Bertz CT molecular complexity index is 152. The maximum Gasteiger partial charge on any atom is 0.0791 e. The Balaban J connectivity index is 2.30. The summed E-state index contributed by atoms with van der Waals surface area (Å²) in [6, 6.07) is 0.559. The smallest absolute Gasteiger partial charge is 0.0791 e. The van der Waals surface area contributed by atoms with Crippen molar-refractivity contribution in [2.24, 2.45) is 0 Å². The molecule has 1 aliphatic heterocycles. The molecule has 0 saturated carbocycles. The van der Waals surface area contributed by atoms with Gasteiger partial charge in [0.25, 0.3) is 0 Å². The second kappa shape index (κ2) is 6.38. The van der Waals surface area contributed by atoms with Crippen LogP contribution in [0.1, 0.15) is 33.1 Å². The normalized spacial score (nSPS) is 30.2. The van der Waals surface area contributed by atoms with Gasteiger partial charge in [-0.05, 0) is 19.9 Å². The fourth-order valence-electron chi connectivity index (χ4n) is 1.98. The van der Waals surface area contributed by atoms with E-state index in [1.165, 1.54) is 19.3 Å². The van der Waals surface area contributed by atoms with Gasteiger partial charge in [0.05, 0.1) is 6.10 Å². The molecular weight excluding hydrogens is 176 g/mol. The fraction of sp³-hybridized carbons (Fsp3) is 1.00. The zero-order valence-electron chi connectivity index (χ0n) is 9.50. The largest absolute Gasteiger partial charge is 0.390 e. The van der Waals surface area contributed by atoms with E-state index in [2.05, 4.69) is 24.1 Å². The minimum atomic E-state index is -0.193. The first-order valence-electron chi connectivity index (χ1n) is 5.87. The molecule has 84 valence electrons. The predicted octanol–water partition coefficient (Wildman–Crippen LogP) is 0.831. The highest BCUT2D eigenvalue weighted by Gasteiger charge is 2.20. The maximum atomic E-state index is 9.63. The summed E-state index contributed by atoms with van der Waals surface area (Å²) in [6.07, 6.45) is 3.63. The molecule has 0 aliphatic carbocycles. The molecule has 3 heteroatoms. The zero-order chi connectivity index (χ0) is 10.4. The number of hydrogen-bond donors (Lipinski definition) is 2. The quantitative estimate of drug-likeness (QED) is 0.660. The van der Waals surface area contributed by atoms with Crippen molar-refractivity contribution in [3.05, 3.63) is 0 Å². The summed E-state index contributed by atoms with van der Waals surface area (Å²) in [5.41, 5.74) is 0. The average molecular weight is 200 g/mol. The van der Waals surface area contributed by atoms with Crippen LogP contribution >= 0.6 is 0 Å². The Morgan fingerprint density at radius 1 is 1.36 bits per heavy atom. The summed E-state index contributed by atoms with van der Waals surface area (Å²) in [5.74, 6) is 0. The molecule has 1 fully saturated rings. The van der Waals surface area contributed by atoms with E-state index in [4.69, 9.17) is 0 Å². The first-order valence-corrected chi connectivity index (χ1v) is 5.87. The van der Waals surface area contributed by atoms with Gasteiger partial charge in [-0.3, -0.25) is 4.90 Å². The van der Waals surface area contributed by atoms with Crippen molar-refractivity contribution in [1.82, 2.24) is 10.2 Å². The zero-order valence-corrected chi connectivity index (χ0v) is 9.50. The molecule has 0 aromatic heterocycles. The van der Waals surface area contributed by atoms with Gasteiger partial charge in [-0.25, -0.2) is 0 Å². The topological polar surface area (TPSA) is 35.5 Å².